The average Bonchev–Trinajstić information content (AvgIpc) is 2.62. The maximum atomic E-state index is 12.1. The summed E-state index contributed by atoms with van der Waals surface area (Å²) >= 11 is 11.9. The van der Waals surface area contributed by atoms with Crippen LogP contribution in [0.3, 0.4) is 0 Å². The second kappa shape index (κ2) is 10.9. The number of aromatic nitrogens is 1. The van der Waals surface area contributed by atoms with Gasteiger partial charge < -0.3 is 19.5 Å². The average molecular weight is 399 g/mol. The Kier molecular flexibility index (Phi) is 8.47. The fraction of sp³-hybridized carbons (Fsp3) is 0.333. The Balaban J connectivity index is 1.76. The highest BCUT2D eigenvalue weighted by Crippen LogP contribution is 2.27. The van der Waals surface area contributed by atoms with Crippen molar-refractivity contribution in [3.8, 4) is 11.6 Å². The number of hydrogen-bond acceptors (Lipinski definition) is 5. The van der Waals surface area contributed by atoms with Crippen LogP contribution in [0, 0.1) is 0 Å². The van der Waals surface area contributed by atoms with Crippen molar-refractivity contribution in [2.75, 3.05) is 32.2 Å². The van der Waals surface area contributed by atoms with Crippen LogP contribution in [0.5, 0.6) is 11.6 Å². The number of carbonyl (C=O) groups is 1. The molecule has 0 bridgehead atoms. The SMILES string of the molecule is COCCOc1ncccc1NC(=O)CCCOc1ccc(Cl)cc1Cl. The first-order chi connectivity index (χ1) is 12.6. The molecule has 0 atom stereocenters. The van der Waals surface area contributed by atoms with Crippen LogP contribution in [0.15, 0.2) is 36.5 Å². The van der Waals surface area contributed by atoms with Gasteiger partial charge in [-0.3, -0.25) is 4.79 Å². The molecule has 6 nitrogen and oxygen atoms in total. The molecular formula is C18H20Cl2N2O4. The molecule has 0 spiro atoms. The zero-order chi connectivity index (χ0) is 18.8. The van der Waals surface area contributed by atoms with Gasteiger partial charge in [0.25, 0.3) is 0 Å². The molecule has 0 radical (unpaired) electrons. The molecule has 1 aromatic heterocycles. The Hall–Kier alpha value is -2.02. The van der Waals surface area contributed by atoms with E-state index in [1.807, 2.05) is 0 Å². The van der Waals surface area contributed by atoms with Gasteiger partial charge in [-0.15, -0.1) is 0 Å². The van der Waals surface area contributed by atoms with Gasteiger partial charge in [0.1, 0.15) is 18.0 Å². The quantitative estimate of drug-likeness (QED) is 0.606. The summed E-state index contributed by atoms with van der Waals surface area (Å²) in [5.74, 6) is 0.750. The highest BCUT2D eigenvalue weighted by molar-refractivity contribution is 6.35. The summed E-state index contributed by atoms with van der Waals surface area (Å²) in [6.07, 6.45) is 2.42. The molecule has 1 aromatic carbocycles. The van der Waals surface area contributed by atoms with Crippen molar-refractivity contribution >= 4 is 34.8 Å². The van der Waals surface area contributed by atoms with Crippen LogP contribution in [0.25, 0.3) is 0 Å². The van der Waals surface area contributed by atoms with Crippen molar-refractivity contribution in [2.24, 2.45) is 0 Å². The smallest absolute Gasteiger partial charge is 0.237 e. The van der Waals surface area contributed by atoms with E-state index in [9.17, 15) is 4.79 Å². The molecule has 1 N–H and O–H groups in total. The Labute approximate surface area is 162 Å². The van der Waals surface area contributed by atoms with Crippen molar-refractivity contribution < 1.29 is 19.0 Å². The highest BCUT2D eigenvalue weighted by Gasteiger charge is 2.09. The summed E-state index contributed by atoms with van der Waals surface area (Å²) in [5.41, 5.74) is 0.523. The number of methoxy groups -OCH3 is 1. The summed E-state index contributed by atoms with van der Waals surface area (Å²) in [6, 6.07) is 8.47. The summed E-state index contributed by atoms with van der Waals surface area (Å²) in [5, 5.41) is 3.77. The number of hydrogen-bond donors (Lipinski definition) is 1. The van der Waals surface area contributed by atoms with Crippen LogP contribution in [0.4, 0.5) is 5.69 Å². The lowest BCUT2D eigenvalue weighted by molar-refractivity contribution is -0.116. The molecule has 1 heterocycles. The van der Waals surface area contributed by atoms with Crippen molar-refractivity contribution in [3.63, 3.8) is 0 Å². The Morgan fingerprint density at radius 1 is 1.15 bits per heavy atom. The highest BCUT2D eigenvalue weighted by atomic mass is 35.5. The van der Waals surface area contributed by atoms with E-state index in [2.05, 4.69) is 10.3 Å². The van der Waals surface area contributed by atoms with Gasteiger partial charge in [0.2, 0.25) is 11.8 Å². The third kappa shape index (κ3) is 6.71. The number of benzene rings is 1. The Bertz CT molecular complexity index is 728. The minimum atomic E-state index is -0.152. The van der Waals surface area contributed by atoms with Gasteiger partial charge in [0.05, 0.1) is 18.2 Å². The third-order valence-corrected chi connectivity index (χ3v) is 3.80. The molecule has 0 saturated heterocycles. The van der Waals surface area contributed by atoms with E-state index < -0.39 is 0 Å². The van der Waals surface area contributed by atoms with E-state index in [1.165, 1.54) is 0 Å². The van der Waals surface area contributed by atoms with Gasteiger partial charge in [-0.05, 0) is 36.8 Å². The second-order valence-electron chi connectivity index (χ2n) is 5.27. The maximum Gasteiger partial charge on any atom is 0.237 e. The Morgan fingerprint density at radius 2 is 2.00 bits per heavy atom. The number of nitrogens with one attached hydrogen (secondary N) is 1. The first kappa shape index (κ1) is 20.3. The lowest BCUT2D eigenvalue weighted by Crippen LogP contribution is -2.15. The summed E-state index contributed by atoms with van der Waals surface area (Å²) in [7, 11) is 1.59. The van der Waals surface area contributed by atoms with Crippen LogP contribution >= 0.6 is 23.2 Å². The topological polar surface area (TPSA) is 69.7 Å². The molecule has 8 heteroatoms. The van der Waals surface area contributed by atoms with Crippen molar-refractivity contribution in [3.05, 3.63) is 46.6 Å². The lowest BCUT2D eigenvalue weighted by Gasteiger charge is -2.11. The molecule has 26 heavy (non-hydrogen) atoms. The molecule has 1 amide bonds. The van der Waals surface area contributed by atoms with E-state index in [0.717, 1.165) is 0 Å². The number of nitrogens with zero attached hydrogens (tertiary/aromatic N) is 1. The van der Waals surface area contributed by atoms with Crippen molar-refractivity contribution in [1.29, 1.82) is 0 Å². The Morgan fingerprint density at radius 3 is 2.77 bits per heavy atom. The van der Waals surface area contributed by atoms with Crippen molar-refractivity contribution in [1.82, 2.24) is 4.98 Å². The minimum absolute atomic E-state index is 0.152. The van der Waals surface area contributed by atoms with E-state index >= 15 is 0 Å². The fourth-order valence-electron chi connectivity index (χ4n) is 2.04. The molecule has 2 aromatic rings. The number of amides is 1. The van der Waals surface area contributed by atoms with Gasteiger partial charge >= 0.3 is 0 Å². The predicted octanol–water partition coefficient (Wildman–Crippen LogP) is 4.21. The molecule has 0 fully saturated rings. The summed E-state index contributed by atoms with van der Waals surface area (Å²) < 4.78 is 16.0. The molecule has 140 valence electrons. The van der Waals surface area contributed by atoms with Crippen LogP contribution in [-0.2, 0) is 9.53 Å². The van der Waals surface area contributed by atoms with Crippen molar-refractivity contribution in [2.45, 2.75) is 12.8 Å². The zero-order valence-electron chi connectivity index (χ0n) is 14.3. The monoisotopic (exact) mass is 398 g/mol. The number of halogens is 2. The van der Waals surface area contributed by atoms with E-state index in [1.54, 1.807) is 43.6 Å². The molecule has 0 aliphatic heterocycles. The van der Waals surface area contributed by atoms with Gasteiger partial charge in [-0.25, -0.2) is 4.98 Å². The largest absolute Gasteiger partial charge is 0.492 e. The van der Waals surface area contributed by atoms with E-state index in [0.29, 0.717) is 53.6 Å². The predicted molar refractivity (Wildman–Crippen MR) is 101 cm³/mol. The molecule has 0 aliphatic rings. The first-order valence-corrected chi connectivity index (χ1v) is 8.80. The molecule has 2 rings (SSSR count). The normalized spacial score (nSPS) is 10.4. The molecule has 0 aliphatic carbocycles. The molecule has 0 unspecified atom stereocenters. The van der Waals surface area contributed by atoms with Crippen LogP contribution in [0.1, 0.15) is 12.8 Å². The fourth-order valence-corrected chi connectivity index (χ4v) is 2.51. The standard InChI is InChI=1S/C18H20Cl2N2O4/c1-24-10-11-26-18-15(4-2-8-21-18)22-17(23)5-3-9-25-16-7-6-13(19)12-14(16)20/h2,4,6-8,12H,3,5,9-11H2,1H3,(H,22,23). The second-order valence-corrected chi connectivity index (χ2v) is 6.12. The van der Waals surface area contributed by atoms with Gasteiger partial charge in [0.15, 0.2) is 0 Å². The summed E-state index contributed by atoms with van der Waals surface area (Å²) in [4.78, 5) is 16.2. The molecule has 0 saturated carbocycles. The third-order valence-electron chi connectivity index (χ3n) is 3.27. The number of pyridine rings is 1. The van der Waals surface area contributed by atoms with Gasteiger partial charge in [0, 0.05) is 24.8 Å². The lowest BCUT2D eigenvalue weighted by atomic mass is 10.3. The number of rotatable bonds is 10. The first-order valence-electron chi connectivity index (χ1n) is 8.04. The van der Waals surface area contributed by atoms with E-state index in [-0.39, 0.29) is 12.3 Å². The van der Waals surface area contributed by atoms with Crippen LogP contribution in [0.2, 0.25) is 10.0 Å². The van der Waals surface area contributed by atoms with E-state index in [4.69, 9.17) is 37.4 Å². The minimum Gasteiger partial charge on any atom is -0.492 e. The maximum absolute atomic E-state index is 12.1. The number of anilines is 1. The van der Waals surface area contributed by atoms with Crippen LogP contribution in [-0.4, -0.2) is 37.8 Å². The van der Waals surface area contributed by atoms with Gasteiger partial charge in [-0.2, -0.15) is 0 Å². The van der Waals surface area contributed by atoms with Crippen LogP contribution < -0.4 is 14.8 Å². The number of ether oxygens (including phenoxy) is 3. The zero-order valence-corrected chi connectivity index (χ0v) is 15.8. The summed E-state index contributed by atoms with van der Waals surface area (Å²) in [6.45, 7) is 1.15. The van der Waals surface area contributed by atoms with Gasteiger partial charge in [-0.1, -0.05) is 23.2 Å². The number of carbonyl (C=O) groups excluding carboxylic acids is 1. The molecular weight excluding hydrogens is 379 g/mol.